The number of fused-ring (bicyclic) bond motifs is 1. The van der Waals surface area contributed by atoms with Gasteiger partial charge in [-0.2, -0.15) is 0 Å². The van der Waals surface area contributed by atoms with E-state index >= 15 is 0 Å². The number of ketones is 1. The molecule has 7 rings (SSSR count). The van der Waals surface area contributed by atoms with Crippen LogP contribution in [0, 0.1) is 46.8 Å². The second-order valence-corrected chi connectivity index (χ2v) is 12.4. The lowest BCUT2D eigenvalue weighted by atomic mass is 9.49. The minimum Gasteiger partial charge on any atom is -0.748 e. The molecule has 0 N–H and O–H groups in total. The number of carbonyl (C=O) groups is 4. The molecule has 33 heavy (non-hydrogen) atoms. The molecule has 8 atom stereocenters. The average Bonchev–Trinajstić information content (AvgIpc) is 3.34. The van der Waals surface area contributed by atoms with Crippen LogP contribution in [0.15, 0.2) is 0 Å². The van der Waals surface area contributed by atoms with Crippen LogP contribution >= 0.6 is 0 Å². The van der Waals surface area contributed by atoms with Gasteiger partial charge < -0.3 is 18.8 Å². The van der Waals surface area contributed by atoms with Gasteiger partial charge in [-0.1, -0.05) is 0 Å². The smallest absolute Gasteiger partial charge is 0.312 e. The van der Waals surface area contributed by atoms with Gasteiger partial charge in [0.05, 0.1) is 33.1 Å². The summed E-state index contributed by atoms with van der Waals surface area (Å²) in [5.74, 6) is -4.40. The maximum Gasteiger partial charge on any atom is 0.312 e. The molecule has 1 heterocycles. The standard InChI is InChI=1S/C22H26O10S/c23-16-10-3-9-4-11(16)8-22(6-9,7-10)21(26)32-18-12-5-13-15(20(25)31-17(13)18)14(12)19(24)30-1-2-33(27,28)29/h9-15,17-18H,1-8H2,(H,27,28,29)/p-1. The van der Waals surface area contributed by atoms with Crippen LogP contribution in [0.2, 0.25) is 0 Å². The zero-order valence-corrected chi connectivity index (χ0v) is 18.7. The molecule has 0 aromatic rings. The lowest BCUT2D eigenvalue weighted by Gasteiger charge is -2.54. The zero-order chi connectivity index (χ0) is 23.3. The van der Waals surface area contributed by atoms with E-state index in [1.165, 1.54) is 0 Å². The third-order valence-electron chi connectivity index (χ3n) is 9.07. The third-order valence-corrected chi connectivity index (χ3v) is 9.73. The minimum atomic E-state index is -4.54. The summed E-state index contributed by atoms with van der Waals surface area (Å²) in [4.78, 5) is 51.1. The van der Waals surface area contributed by atoms with Crippen LogP contribution in [-0.2, 0) is 43.5 Å². The molecule has 7 fully saturated rings. The first kappa shape index (κ1) is 21.5. The van der Waals surface area contributed by atoms with Gasteiger partial charge in [-0.15, -0.1) is 0 Å². The van der Waals surface area contributed by atoms with Crippen molar-refractivity contribution >= 4 is 33.8 Å². The maximum atomic E-state index is 13.5. The molecule has 0 radical (unpaired) electrons. The van der Waals surface area contributed by atoms with Crippen LogP contribution in [0.1, 0.15) is 38.5 Å². The van der Waals surface area contributed by atoms with Crippen LogP contribution in [0.3, 0.4) is 0 Å². The predicted octanol–water partition coefficient (Wildman–Crippen LogP) is 0.190. The first-order valence-electron chi connectivity index (χ1n) is 11.6. The molecule has 1 saturated heterocycles. The minimum absolute atomic E-state index is 0.0856. The SMILES string of the molecule is O=C1C2CC3CC1CC(C(=O)OC1C4CC5C1OC(=O)C5C4C(=O)OCCS(=O)(=O)[O-])(C3)C2. The normalized spacial score (nSPS) is 46.5. The highest BCUT2D eigenvalue weighted by atomic mass is 32.2. The lowest BCUT2D eigenvalue weighted by molar-refractivity contribution is -0.188. The van der Waals surface area contributed by atoms with Gasteiger partial charge in [0.2, 0.25) is 0 Å². The molecule has 6 aliphatic carbocycles. The van der Waals surface area contributed by atoms with Crippen LogP contribution < -0.4 is 0 Å². The molecule has 0 aromatic heterocycles. The highest BCUT2D eigenvalue weighted by molar-refractivity contribution is 7.85. The summed E-state index contributed by atoms with van der Waals surface area (Å²) in [6.45, 7) is -0.588. The van der Waals surface area contributed by atoms with E-state index in [2.05, 4.69) is 0 Å². The highest BCUT2D eigenvalue weighted by Crippen LogP contribution is 2.62. The van der Waals surface area contributed by atoms with Crippen LogP contribution in [0.5, 0.6) is 0 Å². The second-order valence-electron chi connectivity index (χ2n) is 10.8. The summed E-state index contributed by atoms with van der Waals surface area (Å²) in [6, 6.07) is 0. The molecule has 10 nitrogen and oxygen atoms in total. The van der Waals surface area contributed by atoms with Gasteiger partial charge in [0.15, 0.2) is 0 Å². The number of carbonyl (C=O) groups excluding carboxylic acids is 4. The van der Waals surface area contributed by atoms with Crippen molar-refractivity contribution in [1.82, 2.24) is 0 Å². The van der Waals surface area contributed by atoms with Crippen molar-refractivity contribution in [3.8, 4) is 0 Å². The average molecular weight is 481 g/mol. The highest BCUT2D eigenvalue weighted by Gasteiger charge is 2.71. The van der Waals surface area contributed by atoms with Gasteiger partial charge in [0.1, 0.15) is 24.6 Å². The van der Waals surface area contributed by atoms with Gasteiger partial charge in [-0.3, -0.25) is 19.2 Å². The number of rotatable bonds is 6. The fourth-order valence-corrected chi connectivity index (χ4v) is 8.34. The van der Waals surface area contributed by atoms with Crippen molar-refractivity contribution in [2.75, 3.05) is 12.4 Å². The molecular weight excluding hydrogens is 456 g/mol. The number of hydrogen-bond donors (Lipinski definition) is 0. The predicted molar refractivity (Wildman–Crippen MR) is 105 cm³/mol. The molecule has 0 amide bonds. The Morgan fingerprint density at radius 1 is 1.06 bits per heavy atom. The Kier molecular flexibility index (Phi) is 4.57. The van der Waals surface area contributed by atoms with Gasteiger partial charge >= 0.3 is 17.9 Å². The lowest BCUT2D eigenvalue weighted by Crippen LogP contribution is -2.56. The monoisotopic (exact) mass is 481 g/mol. The van der Waals surface area contributed by atoms with E-state index in [0.29, 0.717) is 31.6 Å². The Morgan fingerprint density at radius 3 is 2.42 bits per heavy atom. The molecule has 1 aliphatic heterocycles. The molecule has 11 heteroatoms. The van der Waals surface area contributed by atoms with Crippen molar-refractivity contribution in [3.05, 3.63) is 0 Å². The largest absolute Gasteiger partial charge is 0.748 e. The Bertz CT molecular complexity index is 1030. The van der Waals surface area contributed by atoms with E-state index in [0.717, 1.165) is 12.8 Å². The molecule has 0 spiro atoms. The first-order chi connectivity index (χ1) is 15.6. The molecule has 8 unspecified atom stereocenters. The zero-order valence-electron chi connectivity index (χ0n) is 17.8. The third kappa shape index (κ3) is 3.18. The van der Waals surface area contributed by atoms with Gasteiger partial charge in [-0.25, -0.2) is 8.42 Å². The Balaban J connectivity index is 1.19. The molecule has 6 bridgehead atoms. The van der Waals surface area contributed by atoms with E-state index in [9.17, 15) is 32.1 Å². The Hall–Kier alpha value is -2.01. The fourth-order valence-electron chi connectivity index (χ4n) is 8.05. The topological polar surface area (TPSA) is 153 Å². The molecule has 180 valence electrons. The second kappa shape index (κ2) is 7.00. The Labute approximate surface area is 190 Å². The van der Waals surface area contributed by atoms with Gasteiger partial charge in [0.25, 0.3) is 0 Å². The van der Waals surface area contributed by atoms with Crippen molar-refractivity contribution < 1.29 is 46.4 Å². The summed E-state index contributed by atoms with van der Waals surface area (Å²) >= 11 is 0. The first-order valence-corrected chi connectivity index (χ1v) is 13.2. The number of Topliss-reactive ketones (excluding diaryl/α,β-unsaturated/α-hetero) is 1. The molecular formula is C22H25O10S-. The molecule has 0 aromatic carbocycles. The number of esters is 3. The summed E-state index contributed by atoms with van der Waals surface area (Å²) in [5, 5.41) is 0. The van der Waals surface area contributed by atoms with E-state index in [1.54, 1.807) is 0 Å². The van der Waals surface area contributed by atoms with E-state index in [1.807, 2.05) is 0 Å². The number of ether oxygens (including phenoxy) is 3. The summed E-state index contributed by atoms with van der Waals surface area (Å²) < 4.78 is 48.9. The van der Waals surface area contributed by atoms with E-state index in [-0.39, 0.29) is 29.5 Å². The molecule has 7 aliphatic rings. The van der Waals surface area contributed by atoms with Crippen LogP contribution in [0.25, 0.3) is 0 Å². The summed E-state index contributed by atoms with van der Waals surface area (Å²) in [7, 11) is -4.54. The summed E-state index contributed by atoms with van der Waals surface area (Å²) in [5.41, 5.74) is -0.688. The fraction of sp³-hybridized carbons (Fsp3) is 0.818. The van der Waals surface area contributed by atoms with Crippen molar-refractivity contribution in [2.24, 2.45) is 46.8 Å². The maximum absolute atomic E-state index is 13.5. The number of hydrogen-bond acceptors (Lipinski definition) is 10. The van der Waals surface area contributed by atoms with E-state index in [4.69, 9.17) is 14.2 Å². The van der Waals surface area contributed by atoms with Crippen LogP contribution in [-0.4, -0.2) is 61.2 Å². The van der Waals surface area contributed by atoms with Crippen LogP contribution in [0.4, 0.5) is 0 Å². The van der Waals surface area contributed by atoms with Gasteiger partial charge in [-0.05, 0) is 44.4 Å². The summed E-state index contributed by atoms with van der Waals surface area (Å²) in [6.07, 6.45) is 2.49. The quantitative estimate of drug-likeness (QED) is 0.292. The molecule has 6 saturated carbocycles. The van der Waals surface area contributed by atoms with Crippen molar-refractivity contribution in [1.29, 1.82) is 0 Å². The Morgan fingerprint density at radius 2 is 1.76 bits per heavy atom. The van der Waals surface area contributed by atoms with Crippen molar-refractivity contribution in [3.63, 3.8) is 0 Å². The van der Waals surface area contributed by atoms with Crippen molar-refractivity contribution in [2.45, 2.75) is 50.7 Å². The van der Waals surface area contributed by atoms with E-state index < -0.39 is 69.8 Å². The van der Waals surface area contributed by atoms with Gasteiger partial charge in [0, 0.05) is 23.7 Å².